The van der Waals surface area contributed by atoms with Crippen LogP contribution in [0.1, 0.15) is 19.8 Å². The van der Waals surface area contributed by atoms with E-state index in [1.165, 1.54) is 6.42 Å². The third-order valence-corrected chi connectivity index (χ3v) is 3.21. The summed E-state index contributed by atoms with van der Waals surface area (Å²) in [6, 6.07) is 0.543. The third kappa shape index (κ3) is 2.71. The maximum Gasteiger partial charge on any atom is 0.225 e. The van der Waals surface area contributed by atoms with Gasteiger partial charge in [-0.15, -0.1) is 0 Å². The highest BCUT2D eigenvalue weighted by Gasteiger charge is 2.23. The number of hydrogen-bond acceptors (Lipinski definition) is 4. The maximum absolute atomic E-state index is 4.38. The van der Waals surface area contributed by atoms with Crippen molar-refractivity contribution in [2.24, 2.45) is 0 Å². The summed E-state index contributed by atoms with van der Waals surface area (Å²) in [7, 11) is 0. The van der Waals surface area contributed by atoms with E-state index in [2.05, 4.69) is 43.0 Å². The number of nitrogens with one attached hydrogen (secondary N) is 1. The summed E-state index contributed by atoms with van der Waals surface area (Å²) in [5, 5.41) is 3.39. The van der Waals surface area contributed by atoms with Crippen molar-refractivity contribution >= 4 is 21.9 Å². The van der Waals surface area contributed by atoms with Gasteiger partial charge in [-0.1, -0.05) is 6.92 Å². The van der Waals surface area contributed by atoms with Crippen LogP contribution >= 0.6 is 15.9 Å². The molecule has 0 amide bonds. The summed E-state index contributed by atoms with van der Waals surface area (Å²) in [5.41, 5.74) is 0. The Kier molecular flexibility index (Phi) is 4.12. The quantitative estimate of drug-likeness (QED) is 0.916. The number of anilines is 1. The molecule has 1 unspecified atom stereocenters. The molecule has 0 bridgehead atoms. The van der Waals surface area contributed by atoms with Crippen LogP contribution in [0.5, 0.6) is 0 Å². The summed E-state index contributed by atoms with van der Waals surface area (Å²) in [4.78, 5) is 11.1. The van der Waals surface area contributed by atoms with Crippen molar-refractivity contribution in [3.63, 3.8) is 0 Å². The summed E-state index contributed by atoms with van der Waals surface area (Å²) in [6.07, 6.45) is 5.93. The highest BCUT2D eigenvalue weighted by Crippen LogP contribution is 2.17. The first kappa shape index (κ1) is 11.8. The van der Waals surface area contributed by atoms with Crippen LogP contribution in [-0.2, 0) is 0 Å². The fourth-order valence-corrected chi connectivity index (χ4v) is 2.25. The molecule has 1 aliphatic heterocycles. The van der Waals surface area contributed by atoms with E-state index in [1.807, 2.05) is 12.4 Å². The molecule has 1 N–H and O–H groups in total. The van der Waals surface area contributed by atoms with Gasteiger partial charge in [0.15, 0.2) is 0 Å². The molecule has 0 spiro atoms. The van der Waals surface area contributed by atoms with Gasteiger partial charge < -0.3 is 10.2 Å². The van der Waals surface area contributed by atoms with E-state index in [0.717, 1.165) is 36.5 Å². The zero-order chi connectivity index (χ0) is 11.4. The number of nitrogens with zero attached hydrogens (tertiary/aromatic N) is 3. The average molecular weight is 285 g/mol. The molecule has 0 saturated carbocycles. The van der Waals surface area contributed by atoms with Crippen molar-refractivity contribution < 1.29 is 0 Å². The Balaban J connectivity index is 2.14. The molecule has 1 atom stereocenters. The fraction of sp³-hybridized carbons (Fsp3) is 0.636. The summed E-state index contributed by atoms with van der Waals surface area (Å²) < 4.78 is 0.928. The van der Waals surface area contributed by atoms with Crippen molar-refractivity contribution in [1.82, 2.24) is 15.3 Å². The van der Waals surface area contributed by atoms with Crippen molar-refractivity contribution in [1.29, 1.82) is 0 Å². The molecule has 4 nitrogen and oxygen atoms in total. The van der Waals surface area contributed by atoms with Gasteiger partial charge in [0.1, 0.15) is 0 Å². The van der Waals surface area contributed by atoms with E-state index in [4.69, 9.17) is 0 Å². The van der Waals surface area contributed by atoms with Gasteiger partial charge in [-0.2, -0.15) is 0 Å². The molecule has 1 aliphatic rings. The van der Waals surface area contributed by atoms with Gasteiger partial charge in [0, 0.05) is 31.5 Å². The largest absolute Gasteiger partial charge is 0.337 e. The second-order valence-corrected chi connectivity index (χ2v) is 4.96. The first-order chi connectivity index (χ1) is 7.81. The molecule has 2 rings (SSSR count). The second kappa shape index (κ2) is 5.59. The Morgan fingerprint density at radius 3 is 2.81 bits per heavy atom. The molecule has 1 aromatic rings. The topological polar surface area (TPSA) is 41.1 Å². The molecule has 16 heavy (non-hydrogen) atoms. The van der Waals surface area contributed by atoms with E-state index < -0.39 is 0 Å². The predicted molar refractivity (Wildman–Crippen MR) is 68.6 cm³/mol. The Morgan fingerprint density at radius 1 is 1.50 bits per heavy atom. The average Bonchev–Trinajstić information content (AvgIpc) is 2.81. The minimum atomic E-state index is 0.543. The van der Waals surface area contributed by atoms with Crippen LogP contribution in [0.3, 0.4) is 0 Å². The van der Waals surface area contributed by atoms with Crippen molar-refractivity contribution in [3.8, 4) is 0 Å². The van der Waals surface area contributed by atoms with Crippen LogP contribution in [0.15, 0.2) is 16.9 Å². The van der Waals surface area contributed by atoms with Gasteiger partial charge >= 0.3 is 0 Å². The monoisotopic (exact) mass is 284 g/mol. The minimum Gasteiger partial charge on any atom is -0.337 e. The van der Waals surface area contributed by atoms with E-state index >= 15 is 0 Å². The van der Waals surface area contributed by atoms with Crippen molar-refractivity contribution in [3.05, 3.63) is 16.9 Å². The Labute approximate surface area is 105 Å². The third-order valence-electron chi connectivity index (χ3n) is 2.80. The molecule has 88 valence electrons. The van der Waals surface area contributed by atoms with E-state index in [9.17, 15) is 0 Å². The predicted octanol–water partition coefficient (Wildman–Crippen LogP) is 1.82. The number of aromatic nitrogens is 2. The van der Waals surface area contributed by atoms with Gasteiger partial charge in [0.2, 0.25) is 5.95 Å². The SMILES string of the molecule is CCCN(c1ncc(Br)cn1)C1CCNC1. The maximum atomic E-state index is 4.38. The Morgan fingerprint density at radius 2 is 2.25 bits per heavy atom. The minimum absolute atomic E-state index is 0.543. The lowest BCUT2D eigenvalue weighted by Gasteiger charge is -2.27. The molecule has 2 heterocycles. The molecular formula is C11H17BrN4. The number of halogens is 1. The van der Waals surface area contributed by atoms with Crippen LogP contribution < -0.4 is 10.2 Å². The van der Waals surface area contributed by atoms with Gasteiger partial charge in [-0.05, 0) is 35.3 Å². The zero-order valence-corrected chi connectivity index (χ0v) is 11.1. The smallest absolute Gasteiger partial charge is 0.225 e. The van der Waals surface area contributed by atoms with Crippen LogP contribution in [0.25, 0.3) is 0 Å². The second-order valence-electron chi connectivity index (χ2n) is 4.04. The molecule has 1 saturated heterocycles. The van der Waals surface area contributed by atoms with Crippen molar-refractivity contribution in [2.75, 3.05) is 24.5 Å². The molecule has 0 radical (unpaired) electrons. The first-order valence-corrected chi connectivity index (χ1v) is 6.55. The molecule has 0 aromatic carbocycles. The van der Waals surface area contributed by atoms with E-state index in [0.29, 0.717) is 6.04 Å². The number of rotatable bonds is 4. The van der Waals surface area contributed by atoms with Crippen LogP contribution in [0.4, 0.5) is 5.95 Å². The lowest BCUT2D eigenvalue weighted by Crippen LogP contribution is -2.38. The normalized spacial score (nSPS) is 20.0. The van der Waals surface area contributed by atoms with Crippen LogP contribution in [-0.4, -0.2) is 35.6 Å². The summed E-state index contributed by atoms with van der Waals surface area (Å²) >= 11 is 3.36. The van der Waals surface area contributed by atoms with E-state index in [-0.39, 0.29) is 0 Å². The van der Waals surface area contributed by atoms with Gasteiger partial charge in [-0.3, -0.25) is 0 Å². The van der Waals surface area contributed by atoms with Gasteiger partial charge in [0.05, 0.1) is 4.47 Å². The lowest BCUT2D eigenvalue weighted by molar-refractivity contribution is 0.609. The highest BCUT2D eigenvalue weighted by molar-refractivity contribution is 9.10. The standard InChI is InChI=1S/C11H17BrN4/c1-2-5-16(10-3-4-13-8-10)11-14-6-9(12)7-15-11/h6-7,10,13H,2-5,8H2,1H3. The van der Waals surface area contributed by atoms with E-state index in [1.54, 1.807) is 0 Å². The zero-order valence-electron chi connectivity index (χ0n) is 9.49. The first-order valence-electron chi connectivity index (χ1n) is 5.76. The fourth-order valence-electron chi connectivity index (χ4n) is 2.05. The molecule has 0 aliphatic carbocycles. The molecule has 1 fully saturated rings. The van der Waals surface area contributed by atoms with Crippen molar-refractivity contribution in [2.45, 2.75) is 25.8 Å². The molecule has 1 aromatic heterocycles. The highest BCUT2D eigenvalue weighted by atomic mass is 79.9. The molecular weight excluding hydrogens is 268 g/mol. The Hall–Kier alpha value is -0.680. The van der Waals surface area contributed by atoms with Gasteiger partial charge in [0.25, 0.3) is 0 Å². The van der Waals surface area contributed by atoms with Crippen LogP contribution in [0, 0.1) is 0 Å². The molecule has 5 heteroatoms. The summed E-state index contributed by atoms with van der Waals surface area (Å²) in [5.74, 6) is 0.846. The Bertz CT molecular complexity index is 321. The van der Waals surface area contributed by atoms with Crippen LogP contribution in [0.2, 0.25) is 0 Å². The number of hydrogen-bond donors (Lipinski definition) is 1. The lowest BCUT2D eigenvalue weighted by atomic mass is 10.2. The summed E-state index contributed by atoms with van der Waals surface area (Å²) in [6.45, 7) is 5.35. The van der Waals surface area contributed by atoms with Gasteiger partial charge in [-0.25, -0.2) is 9.97 Å².